The normalized spacial score (nSPS) is 17.3. The maximum absolute atomic E-state index is 9.86. The summed E-state index contributed by atoms with van der Waals surface area (Å²) in [6, 6.07) is 0. The van der Waals surface area contributed by atoms with E-state index in [9.17, 15) is 5.11 Å². The van der Waals surface area contributed by atoms with Crippen LogP contribution in [0.3, 0.4) is 0 Å². The lowest BCUT2D eigenvalue weighted by Gasteiger charge is -2.38. The molecule has 1 aromatic heterocycles. The number of hydrogen-bond donors (Lipinski definition) is 2. The van der Waals surface area contributed by atoms with Crippen LogP contribution in [-0.4, -0.2) is 65.4 Å². The van der Waals surface area contributed by atoms with E-state index in [1.807, 2.05) is 13.8 Å². The predicted molar refractivity (Wildman–Crippen MR) is 77.9 cm³/mol. The van der Waals surface area contributed by atoms with Gasteiger partial charge in [-0.05, 0) is 13.8 Å². The van der Waals surface area contributed by atoms with Crippen LogP contribution in [0.5, 0.6) is 5.75 Å². The average Bonchev–Trinajstić information content (AvgIpc) is 2.37. The van der Waals surface area contributed by atoms with Crippen LogP contribution in [0.1, 0.15) is 13.8 Å². The van der Waals surface area contributed by atoms with E-state index in [1.54, 1.807) is 7.11 Å². The number of aliphatic hydroxyl groups is 1. The molecule has 1 aliphatic rings. The van der Waals surface area contributed by atoms with Gasteiger partial charge in [-0.15, -0.1) is 0 Å². The highest BCUT2D eigenvalue weighted by atomic mass is 16.5. The van der Waals surface area contributed by atoms with Crippen LogP contribution in [0.2, 0.25) is 0 Å². The Kier molecular flexibility index (Phi) is 4.29. The number of hydrogen-bond acceptors (Lipinski definition) is 7. The minimum atomic E-state index is -0.667. The molecule has 1 fully saturated rings. The van der Waals surface area contributed by atoms with Crippen LogP contribution in [0, 0.1) is 0 Å². The van der Waals surface area contributed by atoms with Gasteiger partial charge in [0.1, 0.15) is 6.33 Å². The largest absolute Gasteiger partial charge is 0.490 e. The Labute approximate surface area is 119 Å². The van der Waals surface area contributed by atoms with Crippen LogP contribution in [0.15, 0.2) is 6.33 Å². The lowest BCUT2D eigenvalue weighted by atomic mass is 10.1. The Morgan fingerprint density at radius 1 is 1.30 bits per heavy atom. The predicted octanol–water partition coefficient (Wildman–Crippen LogP) is -0.0397. The van der Waals surface area contributed by atoms with Gasteiger partial charge in [0.15, 0.2) is 11.6 Å². The number of aromatic nitrogens is 2. The molecule has 0 aliphatic carbocycles. The minimum absolute atomic E-state index is 0.358. The zero-order valence-corrected chi connectivity index (χ0v) is 12.3. The molecule has 0 bridgehead atoms. The maximum Gasteiger partial charge on any atom is 0.204 e. The first-order chi connectivity index (χ1) is 9.40. The fourth-order valence-corrected chi connectivity index (χ4v) is 2.46. The Balaban J connectivity index is 2.02. The number of ether oxygens (including phenoxy) is 1. The van der Waals surface area contributed by atoms with Crippen molar-refractivity contribution in [2.24, 2.45) is 0 Å². The van der Waals surface area contributed by atoms with Crippen molar-refractivity contribution in [3.63, 3.8) is 0 Å². The quantitative estimate of drug-likeness (QED) is 0.800. The summed E-state index contributed by atoms with van der Waals surface area (Å²) in [7, 11) is 1.57. The Morgan fingerprint density at radius 2 is 1.95 bits per heavy atom. The standard InChI is InChI=1S/C13H23N5O2/c1-13(2,19)8-17-4-6-18(7-5-17)12-10(20-3)11(14)15-9-16-12/h9,19H,4-8H2,1-3H3,(H2,14,15,16). The summed E-state index contributed by atoms with van der Waals surface area (Å²) in [4.78, 5) is 12.6. The smallest absolute Gasteiger partial charge is 0.204 e. The van der Waals surface area contributed by atoms with E-state index in [0.717, 1.165) is 32.0 Å². The molecule has 7 nitrogen and oxygen atoms in total. The van der Waals surface area contributed by atoms with Gasteiger partial charge in [0.05, 0.1) is 12.7 Å². The molecule has 0 radical (unpaired) electrons. The molecule has 112 valence electrons. The summed E-state index contributed by atoms with van der Waals surface area (Å²) < 4.78 is 5.29. The lowest BCUT2D eigenvalue weighted by Crippen LogP contribution is -2.50. The maximum atomic E-state index is 9.86. The number of nitrogen functional groups attached to an aromatic ring is 1. The van der Waals surface area contributed by atoms with Crippen LogP contribution < -0.4 is 15.4 Å². The Morgan fingerprint density at radius 3 is 2.50 bits per heavy atom. The summed E-state index contributed by atoms with van der Waals surface area (Å²) in [5, 5.41) is 9.86. The SMILES string of the molecule is COc1c(N)ncnc1N1CCN(CC(C)(C)O)CC1. The number of nitrogens with zero attached hydrogens (tertiary/aromatic N) is 4. The molecule has 0 atom stereocenters. The molecule has 1 aromatic rings. The summed E-state index contributed by atoms with van der Waals surface area (Å²) >= 11 is 0. The van der Waals surface area contributed by atoms with Gasteiger partial charge in [-0.25, -0.2) is 9.97 Å². The molecular formula is C13H23N5O2. The molecule has 0 saturated carbocycles. The van der Waals surface area contributed by atoms with Crippen molar-refractivity contribution in [3.8, 4) is 5.75 Å². The molecule has 2 rings (SSSR count). The third kappa shape index (κ3) is 3.49. The van der Waals surface area contributed by atoms with Crippen LogP contribution in [0.4, 0.5) is 11.6 Å². The summed E-state index contributed by atoms with van der Waals surface area (Å²) in [6.07, 6.45) is 1.45. The van der Waals surface area contributed by atoms with Gasteiger partial charge >= 0.3 is 0 Å². The first kappa shape index (κ1) is 14.8. The fourth-order valence-electron chi connectivity index (χ4n) is 2.46. The van der Waals surface area contributed by atoms with E-state index in [-0.39, 0.29) is 0 Å². The Hall–Kier alpha value is -1.60. The molecule has 0 unspecified atom stereocenters. The van der Waals surface area contributed by atoms with Gasteiger partial charge in [-0.3, -0.25) is 4.90 Å². The highest BCUT2D eigenvalue weighted by Crippen LogP contribution is 2.30. The number of nitrogens with two attached hydrogens (primary N) is 1. The minimum Gasteiger partial charge on any atom is -0.490 e. The number of anilines is 2. The summed E-state index contributed by atoms with van der Waals surface area (Å²) in [5.74, 6) is 1.63. The van der Waals surface area contributed by atoms with Crippen molar-refractivity contribution in [1.82, 2.24) is 14.9 Å². The number of piperazine rings is 1. The zero-order valence-electron chi connectivity index (χ0n) is 12.3. The van der Waals surface area contributed by atoms with Gasteiger partial charge in [-0.2, -0.15) is 0 Å². The fraction of sp³-hybridized carbons (Fsp3) is 0.692. The first-order valence-corrected chi connectivity index (χ1v) is 6.75. The van der Waals surface area contributed by atoms with Crippen molar-refractivity contribution in [2.75, 3.05) is 50.5 Å². The topological polar surface area (TPSA) is 87.7 Å². The Bertz CT molecular complexity index is 453. The van der Waals surface area contributed by atoms with E-state index < -0.39 is 5.60 Å². The van der Waals surface area contributed by atoms with Crippen molar-refractivity contribution in [1.29, 1.82) is 0 Å². The second-order valence-electron chi connectivity index (χ2n) is 5.69. The molecule has 2 heterocycles. The molecule has 20 heavy (non-hydrogen) atoms. The van der Waals surface area contributed by atoms with Crippen molar-refractivity contribution < 1.29 is 9.84 Å². The van der Waals surface area contributed by atoms with Crippen LogP contribution in [0.25, 0.3) is 0 Å². The summed E-state index contributed by atoms with van der Waals surface area (Å²) in [6.45, 7) is 7.71. The van der Waals surface area contributed by atoms with Gasteiger partial charge in [0.2, 0.25) is 5.75 Å². The second kappa shape index (κ2) is 5.80. The first-order valence-electron chi connectivity index (χ1n) is 6.75. The molecular weight excluding hydrogens is 258 g/mol. The third-order valence-electron chi connectivity index (χ3n) is 3.30. The molecule has 0 amide bonds. The second-order valence-corrected chi connectivity index (χ2v) is 5.69. The van der Waals surface area contributed by atoms with Crippen LogP contribution in [-0.2, 0) is 0 Å². The third-order valence-corrected chi connectivity index (χ3v) is 3.30. The summed E-state index contributed by atoms with van der Waals surface area (Å²) in [5.41, 5.74) is 5.14. The molecule has 0 spiro atoms. The molecule has 0 aromatic carbocycles. The number of β-amino-alcohol motifs (C(OH)–C–C–N with tert-alkyl or cyclic N) is 1. The van der Waals surface area contributed by atoms with Gasteiger partial charge in [0, 0.05) is 32.7 Å². The molecule has 7 heteroatoms. The molecule has 1 saturated heterocycles. The van der Waals surface area contributed by atoms with E-state index in [1.165, 1.54) is 6.33 Å². The lowest BCUT2D eigenvalue weighted by molar-refractivity contribution is 0.0344. The number of methoxy groups -OCH3 is 1. The van der Waals surface area contributed by atoms with Gasteiger partial charge in [-0.1, -0.05) is 0 Å². The highest BCUT2D eigenvalue weighted by molar-refractivity contribution is 5.62. The highest BCUT2D eigenvalue weighted by Gasteiger charge is 2.25. The van der Waals surface area contributed by atoms with Crippen molar-refractivity contribution >= 4 is 11.6 Å². The van der Waals surface area contributed by atoms with E-state index in [2.05, 4.69) is 19.8 Å². The van der Waals surface area contributed by atoms with Gasteiger partial charge < -0.3 is 20.5 Å². The van der Waals surface area contributed by atoms with E-state index in [4.69, 9.17) is 10.5 Å². The molecule has 1 aliphatic heterocycles. The van der Waals surface area contributed by atoms with E-state index in [0.29, 0.717) is 18.1 Å². The average molecular weight is 281 g/mol. The molecule has 3 N–H and O–H groups in total. The monoisotopic (exact) mass is 281 g/mol. The van der Waals surface area contributed by atoms with Crippen molar-refractivity contribution in [2.45, 2.75) is 19.4 Å². The zero-order chi connectivity index (χ0) is 14.8. The van der Waals surface area contributed by atoms with Gasteiger partial charge in [0.25, 0.3) is 0 Å². The van der Waals surface area contributed by atoms with E-state index >= 15 is 0 Å². The number of rotatable bonds is 4. The van der Waals surface area contributed by atoms with Crippen LogP contribution >= 0.6 is 0 Å². The van der Waals surface area contributed by atoms with Crippen molar-refractivity contribution in [3.05, 3.63) is 6.33 Å².